The fourth-order valence-corrected chi connectivity index (χ4v) is 5.20. The molecule has 2 aromatic rings. The zero-order valence-electron chi connectivity index (χ0n) is 12.9. The van der Waals surface area contributed by atoms with Crippen LogP contribution in [0.2, 0.25) is 0 Å². The third-order valence-electron chi connectivity index (χ3n) is 3.98. The molecule has 0 N–H and O–H groups in total. The number of rotatable bonds is 4. The first-order chi connectivity index (χ1) is 11.5. The lowest BCUT2D eigenvalue weighted by molar-refractivity contribution is -0.131. The van der Waals surface area contributed by atoms with Gasteiger partial charge >= 0.3 is 0 Å². The predicted molar refractivity (Wildman–Crippen MR) is 89.8 cm³/mol. The molecule has 3 rings (SSSR count). The quantitative estimate of drug-likeness (QED) is 0.829. The Bertz CT molecular complexity index is 814. The zero-order chi connectivity index (χ0) is 17.2. The van der Waals surface area contributed by atoms with Crippen LogP contribution in [-0.2, 0) is 21.2 Å². The first-order valence-electron chi connectivity index (χ1n) is 7.53. The van der Waals surface area contributed by atoms with Crippen molar-refractivity contribution in [2.75, 3.05) is 26.2 Å². The van der Waals surface area contributed by atoms with Crippen molar-refractivity contribution in [3.05, 3.63) is 53.2 Å². The highest BCUT2D eigenvalue weighted by atomic mass is 32.2. The molecule has 1 aliphatic heterocycles. The predicted octanol–water partition coefficient (Wildman–Crippen LogP) is 1.96. The lowest BCUT2D eigenvalue weighted by Gasteiger charge is -2.33. The fraction of sp³-hybridized carbons (Fsp3) is 0.312. The van der Waals surface area contributed by atoms with Gasteiger partial charge in [0.15, 0.2) is 0 Å². The van der Waals surface area contributed by atoms with Crippen LogP contribution in [0, 0.1) is 5.82 Å². The van der Waals surface area contributed by atoms with Crippen molar-refractivity contribution in [3.63, 3.8) is 0 Å². The number of hydrogen-bond acceptors (Lipinski definition) is 4. The minimum absolute atomic E-state index is 0.00958. The molecule has 0 spiro atoms. The first kappa shape index (κ1) is 17.1. The molecule has 0 bridgehead atoms. The topological polar surface area (TPSA) is 57.7 Å². The van der Waals surface area contributed by atoms with Crippen molar-refractivity contribution in [3.8, 4) is 0 Å². The van der Waals surface area contributed by atoms with Crippen LogP contribution >= 0.6 is 11.3 Å². The third kappa shape index (κ3) is 3.50. The molecule has 0 aliphatic carbocycles. The van der Waals surface area contributed by atoms with E-state index in [-0.39, 0.29) is 25.4 Å². The molecule has 8 heteroatoms. The molecule has 1 fully saturated rings. The van der Waals surface area contributed by atoms with Crippen LogP contribution in [0.4, 0.5) is 4.39 Å². The lowest BCUT2D eigenvalue weighted by atomic mass is 10.1. The molecule has 24 heavy (non-hydrogen) atoms. The van der Waals surface area contributed by atoms with E-state index in [1.54, 1.807) is 40.6 Å². The summed E-state index contributed by atoms with van der Waals surface area (Å²) < 4.78 is 40.2. The first-order valence-corrected chi connectivity index (χ1v) is 9.85. The summed E-state index contributed by atoms with van der Waals surface area (Å²) in [5.41, 5.74) is 0.358. The second kappa shape index (κ2) is 7.00. The molecule has 128 valence electrons. The molecule has 0 radical (unpaired) electrons. The number of hydrogen-bond donors (Lipinski definition) is 0. The van der Waals surface area contributed by atoms with Gasteiger partial charge in [0, 0.05) is 26.2 Å². The molecule has 0 saturated carbocycles. The van der Waals surface area contributed by atoms with E-state index in [4.69, 9.17) is 0 Å². The van der Waals surface area contributed by atoms with E-state index in [2.05, 4.69) is 0 Å². The average Bonchev–Trinajstić information content (AvgIpc) is 3.12. The maximum atomic E-state index is 13.6. The minimum atomic E-state index is -3.48. The van der Waals surface area contributed by atoms with Crippen LogP contribution in [0.3, 0.4) is 0 Å². The number of nitrogens with zero attached hydrogens (tertiary/aromatic N) is 2. The van der Waals surface area contributed by atoms with Crippen LogP contribution in [0.5, 0.6) is 0 Å². The van der Waals surface area contributed by atoms with E-state index in [0.717, 1.165) is 0 Å². The van der Waals surface area contributed by atoms with Gasteiger partial charge in [-0.1, -0.05) is 24.3 Å². The number of piperazine rings is 1. The molecule has 1 amide bonds. The van der Waals surface area contributed by atoms with E-state index >= 15 is 0 Å². The summed E-state index contributed by atoms with van der Waals surface area (Å²) in [4.78, 5) is 13.9. The highest BCUT2D eigenvalue weighted by molar-refractivity contribution is 7.91. The Morgan fingerprint density at radius 2 is 1.79 bits per heavy atom. The summed E-state index contributed by atoms with van der Waals surface area (Å²) in [6.07, 6.45) is -0.00958. The molecule has 2 heterocycles. The molecule has 1 aliphatic rings. The standard InChI is InChI=1S/C16H17FN2O3S2/c17-14-5-2-1-4-13(14)12-15(20)18-7-9-19(10-8-18)24(21,22)16-6-3-11-23-16/h1-6,11H,7-10,12H2. The van der Waals surface area contributed by atoms with Crippen molar-refractivity contribution >= 4 is 27.3 Å². The van der Waals surface area contributed by atoms with Gasteiger partial charge in [-0.05, 0) is 23.1 Å². The highest BCUT2D eigenvalue weighted by Gasteiger charge is 2.30. The summed E-state index contributed by atoms with van der Waals surface area (Å²) >= 11 is 1.18. The van der Waals surface area contributed by atoms with Gasteiger partial charge in [0.1, 0.15) is 10.0 Å². The van der Waals surface area contributed by atoms with Crippen LogP contribution < -0.4 is 0 Å². The number of benzene rings is 1. The summed E-state index contributed by atoms with van der Waals surface area (Å²) in [5.74, 6) is -0.585. The maximum Gasteiger partial charge on any atom is 0.252 e. The zero-order valence-corrected chi connectivity index (χ0v) is 14.5. The Morgan fingerprint density at radius 3 is 2.42 bits per heavy atom. The maximum absolute atomic E-state index is 13.6. The van der Waals surface area contributed by atoms with Gasteiger partial charge in [-0.3, -0.25) is 4.79 Å². The SMILES string of the molecule is O=C(Cc1ccccc1F)N1CCN(S(=O)(=O)c2cccs2)CC1. The van der Waals surface area contributed by atoms with Crippen molar-refractivity contribution < 1.29 is 17.6 Å². The van der Waals surface area contributed by atoms with E-state index in [0.29, 0.717) is 22.9 Å². The van der Waals surface area contributed by atoms with Crippen LogP contribution in [-0.4, -0.2) is 49.7 Å². The smallest absolute Gasteiger partial charge is 0.252 e. The van der Waals surface area contributed by atoms with E-state index in [1.165, 1.54) is 21.7 Å². The fourth-order valence-electron chi connectivity index (χ4n) is 2.63. The molecule has 1 aromatic carbocycles. The summed E-state index contributed by atoms with van der Waals surface area (Å²) in [6.45, 7) is 1.14. The Morgan fingerprint density at radius 1 is 1.08 bits per heavy atom. The molecular formula is C16H17FN2O3S2. The number of sulfonamides is 1. The normalized spacial score (nSPS) is 16.3. The minimum Gasteiger partial charge on any atom is -0.340 e. The van der Waals surface area contributed by atoms with E-state index in [1.807, 2.05) is 0 Å². The number of carbonyl (C=O) groups is 1. The van der Waals surface area contributed by atoms with Gasteiger partial charge in [-0.25, -0.2) is 12.8 Å². The number of amides is 1. The summed E-state index contributed by atoms with van der Waals surface area (Å²) in [5, 5.41) is 1.72. The third-order valence-corrected chi connectivity index (χ3v) is 7.25. The molecule has 1 aromatic heterocycles. The lowest BCUT2D eigenvalue weighted by Crippen LogP contribution is -2.50. The van der Waals surface area contributed by atoms with Gasteiger partial charge in [-0.15, -0.1) is 11.3 Å². The van der Waals surface area contributed by atoms with E-state index < -0.39 is 15.8 Å². The summed E-state index contributed by atoms with van der Waals surface area (Å²) in [7, 11) is -3.48. The largest absolute Gasteiger partial charge is 0.340 e. The number of carbonyl (C=O) groups excluding carboxylic acids is 1. The van der Waals surface area contributed by atoms with Gasteiger partial charge in [0.05, 0.1) is 6.42 Å². The Hall–Kier alpha value is -1.77. The van der Waals surface area contributed by atoms with Gasteiger partial charge in [0.25, 0.3) is 10.0 Å². The van der Waals surface area contributed by atoms with Crippen molar-refractivity contribution in [2.45, 2.75) is 10.6 Å². The van der Waals surface area contributed by atoms with Gasteiger partial charge in [-0.2, -0.15) is 4.31 Å². The van der Waals surface area contributed by atoms with Crippen molar-refractivity contribution in [1.82, 2.24) is 9.21 Å². The second-order valence-corrected chi connectivity index (χ2v) is 8.60. The molecular weight excluding hydrogens is 351 g/mol. The van der Waals surface area contributed by atoms with Crippen LogP contribution in [0.15, 0.2) is 46.0 Å². The second-order valence-electron chi connectivity index (χ2n) is 5.49. The van der Waals surface area contributed by atoms with Crippen LogP contribution in [0.1, 0.15) is 5.56 Å². The average molecular weight is 368 g/mol. The Labute approximate surface area is 144 Å². The highest BCUT2D eigenvalue weighted by Crippen LogP contribution is 2.22. The van der Waals surface area contributed by atoms with Crippen LogP contribution in [0.25, 0.3) is 0 Å². The van der Waals surface area contributed by atoms with Crippen molar-refractivity contribution in [1.29, 1.82) is 0 Å². The van der Waals surface area contributed by atoms with Gasteiger partial charge < -0.3 is 4.90 Å². The molecule has 0 atom stereocenters. The van der Waals surface area contributed by atoms with Crippen molar-refractivity contribution in [2.24, 2.45) is 0 Å². The Balaban J connectivity index is 1.61. The van der Waals surface area contributed by atoms with E-state index in [9.17, 15) is 17.6 Å². The monoisotopic (exact) mass is 368 g/mol. The number of thiophene rings is 1. The number of halogens is 1. The molecule has 0 unspecified atom stereocenters. The molecule has 5 nitrogen and oxygen atoms in total. The summed E-state index contributed by atoms with van der Waals surface area (Å²) in [6, 6.07) is 9.47. The van der Waals surface area contributed by atoms with Gasteiger partial charge in [0.2, 0.25) is 5.91 Å². The molecule has 1 saturated heterocycles. The Kier molecular flexibility index (Phi) is 4.98.